The van der Waals surface area contributed by atoms with Crippen LogP contribution in [0.1, 0.15) is 42.5 Å². The van der Waals surface area contributed by atoms with Crippen LogP contribution in [0.3, 0.4) is 0 Å². The van der Waals surface area contributed by atoms with E-state index in [1.54, 1.807) is 23.9 Å². The molecule has 98 valence electrons. The van der Waals surface area contributed by atoms with E-state index < -0.39 is 5.97 Å². The highest BCUT2D eigenvalue weighted by molar-refractivity contribution is 9.10. The molecule has 0 aliphatic heterocycles. The third-order valence-corrected chi connectivity index (χ3v) is 5.15. The van der Waals surface area contributed by atoms with Crippen molar-refractivity contribution in [3.8, 4) is 0 Å². The van der Waals surface area contributed by atoms with Crippen molar-refractivity contribution in [1.29, 1.82) is 0 Å². The van der Waals surface area contributed by atoms with Gasteiger partial charge in [0, 0.05) is 15.1 Å². The van der Waals surface area contributed by atoms with Crippen LogP contribution in [-0.4, -0.2) is 16.8 Å². The average molecular weight is 329 g/mol. The summed E-state index contributed by atoms with van der Waals surface area (Å²) in [5.74, 6) is 0.953. The maximum Gasteiger partial charge on any atom is 0.336 e. The van der Waals surface area contributed by atoms with Crippen LogP contribution in [0.4, 0.5) is 0 Å². The van der Waals surface area contributed by atoms with Gasteiger partial charge in [-0.25, -0.2) is 4.79 Å². The molecule has 1 aliphatic rings. The van der Waals surface area contributed by atoms with E-state index in [-0.39, 0.29) is 0 Å². The normalized spacial score (nSPS) is 16.7. The van der Waals surface area contributed by atoms with Gasteiger partial charge in [-0.3, -0.25) is 0 Å². The van der Waals surface area contributed by atoms with E-state index in [0.717, 1.165) is 21.0 Å². The molecule has 1 fully saturated rings. The Balaban J connectivity index is 2.03. The van der Waals surface area contributed by atoms with Gasteiger partial charge in [-0.2, -0.15) is 0 Å². The Hall–Kier alpha value is -0.480. The van der Waals surface area contributed by atoms with Gasteiger partial charge in [0.15, 0.2) is 0 Å². The van der Waals surface area contributed by atoms with Crippen LogP contribution < -0.4 is 0 Å². The fourth-order valence-corrected chi connectivity index (χ4v) is 4.14. The summed E-state index contributed by atoms with van der Waals surface area (Å²) in [7, 11) is 0. The van der Waals surface area contributed by atoms with Crippen LogP contribution in [0.5, 0.6) is 0 Å². The molecule has 0 radical (unpaired) electrons. The van der Waals surface area contributed by atoms with E-state index in [9.17, 15) is 4.79 Å². The first kappa shape index (κ1) is 13.9. The van der Waals surface area contributed by atoms with E-state index in [4.69, 9.17) is 5.11 Å². The van der Waals surface area contributed by atoms with Gasteiger partial charge in [0.25, 0.3) is 0 Å². The zero-order chi connectivity index (χ0) is 13.0. The summed E-state index contributed by atoms with van der Waals surface area (Å²) in [5.41, 5.74) is 0.416. The predicted molar refractivity (Wildman–Crippen MR) is 78.4 cm³/mol. The molecule has 18 heavy (non-hydrogen) atoms. The van der Waals surface area contributed by atoms with E-state index in [0.29, 0.717) is 5.56 Å². The quantitative estimate of drug-likeness (QED) is 0.805. The predicted octanol–water partition coefficient (Wildman–Crippen LogP) is 4.82. The molecule has 1 aromatic carbocycles. The van der Waals surface area contributed by atoms with Crippen molar-refractivity contribution in [3.05, 3.63) is 28.2 Å². The lowest BCUT2D eigenvalue weighted by Crippen LogP contribution is -2.09. The number of rotatable bonds is 4. The maximum atomic E-state index is 11.2. The molecule has 0 aromatic heterocycles. The number of hydrogen-bond acceptors (Lipinski definition) is 2. The Morgan fingerprint density at radius 3 is 2.72 bits per heavy atom. The Morgan fingerprint density at radius 2 is 2.06 bits per heavy atom. The van der Waals surface area contributed by atoms with Crippen LogP contribution in [-0.2, 0) is 0 Å². The lowest BCUT2D eigenvalue weighted by molar-refractivity contribution is 0.0693. The highest BCUT2D eigenvalue weighted by atomic mass is 79.9. The second-order valence-corrected chi connectivity index (χ2v) is 6.74. The minimum Gasteiger partial charge on any atom is -0.478 e. The molecule has 1 N–H and O–H groups in total. The van der Waals surface area contributed by atoms with Crippen LogP contribution in [0.2, 0.25) is 0 Å². The maximum absolute atomic E-state index is 11.2. The molecule has 0 atom stereocenters. The second-order valence-electron chi connectivity index (χ2n) is 4.76. The molecule has 0 spiro atoms. The van der Waals surface area contributed by atoms with E-state index in [1.165, 1.54) is 32.1 Å². The van der Waals surface area contributed by atoms with Crippen molar-refractivity contribution in [2.75, 3.05) is 5.75 Å². The summed E-state index contributed by atoms with van der Waals surface area (Å²) >= 11 is 5.09. The van der Waals surface area contributed by atoms with Crippen LogP contribution in [0.15, 0.2) is 27.6 Å². The van der Waals surface area contributed by atoms with Crippen LogP contribution in [0, 0.1) is 5.92 Å². The Bertz CT molecular complexity index is 428. The van der Waals surface area contributed by atoms with Crippen LogP contribution in [0.25, 0.3) is 0 Å². The number of hydrogen-bond donors (Lipinski definition) is 1. The molecule has 4 heteroatoms. The van der Waals surface area contributed by atoms with Gasteiger partial charge < -0.3 is 5.11 Å². The molecule has 0 heterocycles. The third-order valence-electron chi connectivity index (χ3n) is 3.37. The standard InChI is InChI=1S/C14H17BrO2S/c15-11-6-7-12(14(16)17)13(8-11)18-9-10-4-2-1-3-5-10/h6-8,10H,1-5,9H2,(H,16,17). The van der Waals surface area contributed by atoms with Crippen LogP contribution >= 0.6 is 27.7 Å². The first-order valence-electron chi connectivity index (χ1n) is 6.32. The highest BCUT2D eigenvalue weighted by Crippen LogP contribution is 2.32. The van der Waals surface area contributed by atoms with Gasteiger partial charge in [0.1, 0.15) is 0 Å². The lowest BCUT2D eigenvalue weighted by Gasteiger charge is -2.21. The second kappa shape index (κ2) is 6.62. The zero-order valence-corrected chi connectivity index (χ0v) is 12.6. The van der Waals surface area contributed by atoms with Crippen molar-refractivity contribution in [2.24, 2.45) is 5.92 Å². The highest BCUT2D eigenvalue weighted by Gasteiger charge is 2.16. The minimum absolute atomic E-state index is 0.416. The van der Waals surface area contributed by atoms with Gasteiger partial charge in [-0.15, -0.1) is 11.8 Å². The molecule has 0 saturated heterocycles. The van der Waals surface area contributed by atoms with Crippen molar-refractivity contribution >= 4 is 33.7 Å². The number of carboxylic acids is 1. The Kier molecular flexibility index (Phi) is 5.13. The smallest absolute Gasteiger partial charge is 0.336 e. The van der Waals surface area contributed by atoms with Crippen molar-refractivity contribution in [2.45, 2.75) is 37.0 Å². The number of halogens is 1. The van der Waals surface area contributed by atoms with E-state index in [1.807, 2.05) is 6.07 Å². The fraction of sp³-hybridized carbons (Fsp3) is 0.500. The van der Waals surface area contributed by atoms with Crippen molar-refractivity contribution < 1.29 is 9.90 Å². The molecule has 2 nitrogen and oxygen atoms in total. The monoisotopic (exact) mass is 328 g/mol. The first-order valence-corrected chi connectivity index (χ1v) is 8.10. The van der Waals surface area contributed by atoms with Gasteiger partial charge in [-0.1, -0.05) is 35.2 Å². The van der Waals surface area contributed by atoms with E-state index in [2.05, 4.69) is 15.9 Å². The molecule has 0 amide bonds. The van der Waals surface area contributed by atoms with Gasteiger partial charge in [0.05, 0.1) is 5.56 Å². The molecule has 1 saturated carbocycles. The van der Waals surface area contributed by atoms with Gasteiger partial charge in [0.2, 0.25) is 0 Å². The number of aromatic carboxylic acids is 1. The average Bonchev–Trinajstić information content (AvgIpc) is 2.37. The molecular weight excluding hydrogens is 312 g/mol. The summed E-state index contributed by atoms with van der Waals surface area (Å²) in [6, 6.07) is 5.38. The lowest BCUT2D eigenvalue weighted by atomic mass is 9.91. The van der Waals surface area contributed by atoms with Crippen molar-refractivity contribution in [1.82, 2.24) is 0 Å². The largest absolute Gasteiger partial charge is 0.478 e. The zero-order valence-electron chi connectivity index (χ0n) is 10.2. The summed E-state index contributed by atoms with van der Waals surface area (Å²) in [6.45, 7) is 0. The number of carbonyl (C=O) groups is 1. The van der Waals surface area contributed by atoms with Gasteiger partial charge >= 0.3 is 5.97 Å². The van der Waals surface area contributed by atoms with Crippen molar-refractivity contribution in [3.63, 3.8) is 0 Å². The Morgan fingerprint density at radius 1 is 1.33 bits per heavy atom. The number of carboxylic acid groups (broad SMARTS) is 1. The fourth-order valence-electron chi connectivity index (χ4n) is 2.35. The molecule has 2 rings (SSSR count). The summed E-state index contributed by atoms with van der Waals surface area (Å²) in [5, 5.41) is 9.16. The number of benzene rings is 1. The summed E-state index contributed by atoms with van der Waals surface area (Å²) < 4.78 is 0.943. The first-order chi connectivity index (χ1) is 8.66. The van der Waals surface area contributed by atoms with Gasteiger partial charge in [-0.05, 0) is 37.0 Å². The molecule has 0 bridgehead atoms. The molecule has 0 unspecified atom stereocenters. The van der Waals surface area contributed by atoms with E-state index >= 15 is 0 Å². The SMILES string of the molecule is O=C(O)c1ccc(Br)cc1SCC1CCCCC1. The topological polar surface area (TPSA) is 37.3 Å². The minimum atomic E-state index is -0.839. The molecule has 1 aliphatic carbocycles. The summed E-state index contributed by atoms with van der Waals surface area (Å²) in [6.07, 6.45) is 6.61. The molecule has 1 aromatic rings. The third kappa shape index (κ3) is 3.75. The summed E-state index contributed by atoms with van der Waals surface area (Å²) in [4.78, 5) is 12.0. The molecular formula is C14H17BrO2S. The Labute approximate surface area is 120 Å². The number of thioether (sulfide) groups is 1.